The van der Waals surface area contributed by atoms with E-state index in [-0.39, 0.29) is 34.0 Å². The molecule has 4 aromatic rings. The number of hydrogen-bond acceptors (Lipinski definition) is 6. The van der Waals surface area contributed by atoms with Crippen molar-refractivity contribution in [3.63, 3.8) is 0 Å². The highest BCUT2D eigenvalue weighted by Gasteiger charge is 2.48. The Labute approximate surface area is 222 Å². The molecule has 200 valence electrons. The predicted molar refractivity (Wildman–Crippen MR) is 141 cm³/mol. The van der Waals surface area contributed by atoms with Crippen LogP contribution in [0.25, 0.3) is 16.8 Å². The maximum Gasteiger partial charge on any atom is 0.302 e. The zero-order chi connectivity index (χ0) is 27.8. The van der Waals surface area contributed by atoms with Gasteiger partial charge in [0.25, 0.3) is 5.78 Å². The third-order valence-corrected chi connectivity index (χ3v) is 6.28. The molecule has 1 aromatic heterocycles. The lowest BCUT2D eigenvalue weighted by molar-refractivity contribution is -0.132. The van der Waals surface area contributed by atoms with E-state index in [4.69, 9.17) is 9.47 Å². The van der Waals surface area contributed by atoms with Crippen LogP contribution in [0.2, 0.25) is 0 Å². The molecule has 1 aliphatic heterocycles. The Morgan fingerprint density at radius 2 is 1.77 bits per heavy atom. The van der Waals surface area contributed by atoms with Crippen molar-refractivity contribution in [3.8, 4) is 11.5 Å². The molecule has 8 nitrogen and oxygen atoms in total. The number of ether oxygens (including phenoxy) is 2. The first kappa shape index (κ1) is 25.9. The minimum atomic E-state index is -1.13. The molecule has 10 heteroatoms. The van der Waals surface area contributed by atoms with Crippen molar-refractivity contribution in [2.75, 3.05) is 18.6 Å². The van der Waals surface area contributed by atoms with Gasteiger partial charge in [0, 0.05) is 17.7 Å². The summed E-state index contributed by atoms with van der Waals surface area (Å²) in [5.74, 6) is -3.44. The fraction of sp³-hybridized carbons (Fsp3) is 0.207. The van der Waals surface area contributed by atoms with Gasteiger partial charge in [-0.2, -0.15) is 0 Å². The summed E-state index contributed by atoms with van der Waals surface area (Å²) < 4.78 is 38.8. The number of benzene rings is 3. The van der Waals surface area contributed by atoms with E-state index in [1.807, 2.05) is 13.8 Å². The number of rotatable bonds is 7. The quantitative estimate of drug-likeness (QED) is 0.184. The molecule has 2 N–H and O–H groups in total. The zero-order valence-electron chi connectivity index (χ0n) is 21.4. The topological polar surface area (TPSA) is 105 Å². The van der Waals surface area contributed by atoms with Crippen molar-refractivity contribution in [2.24, 2.45) is 5.92 Å². The van der Waals surface area contributed by atoms with Gasteiger partial charge in [0.15, 0.2) is 11.6 Å². The van der Waals surface area contributed by atoms with Crippen LogP contribution >= 0.6 is 0 Å². The van der Waals surface area contributed by atoms with E-state index < -0.39 is 35.1 Å². The number of amides is 1. The second-order valence-corrected chi connectivity index (χ2v) is 9.52. The molecule has 1 saturated heterocycles. The largest absolute Gasteiger partial charge is 0.507 e. The summed E-state index contributed by atoms with van der Waals surface area (Å²) >= 11 is 0. The van der Waals surface area contributed by atoms with Crippen molar-refractivity contribution in [3.05, 3.63) is 89.0 Å². The number of carbonyl (C=O) groups is 2. The highest BCUT2D eigenvalue weighted by molar-refractivity contribution is 6.51. The highest BCUT2D eigenvalue weighted by atomic mass is 19.2. The third kappa shape index (κ3) is 4.81. The summed E-state index contributed by atoms with van der Waals surface area (Å²) in [6.07, 6.45) is 0. The van der Waals surface area contributed by atoms with Gasteiger partial charge in [-0.15, -0.1) is 0 Å². The lowest BCUT2D eigenvalue weighted by Gasteiger charge is -2.23. The summed E-state index contributed by atoms with van der Waals surface area (Å²) in [6.45, 7) is 4.45. The first-order valence-electron chi connectivity index (χ1n) is 12.2. The molecule has 0 radical (unpaired) electrons. The summed E-state index contributed by atoms with van der Waals surface area (Å²) in [4.78, 5) is 35.0. The molecule has 0 spiro atoms. The number of hydrogen-bond donors (Lipinski definition) is 2. The van der Waals surface area contributed by atoms with Crippen LogP contribution in [-0.2, 0) is 9.59 Å². The smallest absolute Gasteiger partial charge is 0.302 e. The number of halogens is 2. The van der Waals surface area contributed by atoms with Gasteiger partial charge >= 0.3 is 5.91 Å². The first-order chi connectivity index (χ1) is 18.7. The maximum atomic E-state index is 13.9. The Morgan fingerprint density at radius 1 is 1.05 bits per heavy atom. The second-order valence-electron chi connectivity index (χ2n) is 9.52. The molecule has 0 aliphatic carbocycles. The van der Waals surface area contributed by atoms with Crippen LogP contribution in [0.5, 0.6) is 11.5 Å². The number of aliphatic hydroxyl groups is 1. The minimum absolute atomic E-state index is 0.0604. The number of Topliss-reactive ketones (excluding diaryl/α,β-unsaturated/α-hetero) is 1. The zero-order valence-corrected chi connectivity index (χ0v) is 21.4. The van der Waals surface area contributed by atoms with Gasteiger partial charge in [0.1, 0.15) is 17.3 Å². The fourth-order valence-electron chi connectivity index (χ4n) is 4.44. The van der Waals surface area contributed by atoms with E-state index in [1.165, 1.54) is 7.11 Å². The molecule has 0 saturated carbocycles. The van der Waals surface area contributed by atoms with E-state index >= 15 is 0 Å². The average molecular weight is 534 g/mol. The Hall–Kier alpha value is -4.73. The van der Waals surface area contributed by atoms with Gasteiger partial charge in [-0.1, -0.05) is 38.1 Å². The molecule has 1 aliphatic rings. The molecular formula is C29H25F2N3O5. The number of ketones is 1. The molecular weight excluding hydrogens is 508 g/mol. The number of anilines is 1. The van der Waals surface area contributed by atoms with Crippen LogP contribution in [0.4, 0.5) is 14.7 Å². The third-order valence-electron chi connectivity index (χ3n) is 6.28. The van der Waals surface area contributed by atoms with Crippen molar-refractivity contribution < 1.29 is 33.0 Å². The molecule has 39 heavy (non-hydrogen) atoms. The lowest BCUT2D eigenvalue weighted by atomic mass is 9.95. The minimum Gasteiger partial charge on any atom is -0.507 e. The lowest BCUT2D eigenvalue weighted by Crippen LogP contribution is -2.30. The van der Waals surface area contributed by atoms with Crippen molar-refractivity contribution >= 4 is 34.4 Å². The van der Waals surface area contributed by atoms with Gasteiger partial charge in [0.2, 0.25) is 5.95 Å². The number of imidazole rings is 1. The summed E-state index contributed by atoms with van der Waals surface area (Å²) in [5.41, 5.74) is 0.721. The molecule has 1 fully saturated rings. The Morgan fingerprint density at radius 3 is 2.51 bits per heavy atom. The molecule has 3 aromatic carbocycles. The second kappa shape index (κ2) is 10.2. The van der Waals surface area contributed by atoms with Crippen LogP contribution in [-0.4, -0.2) is 40.5 Å². The van der Waals surface area contributed by atoms with E-state index in [9.17, 15) is 23.5 Å². The van der Waals surface area contributed by atoms with Gasteiger partial charge < -0.3 is 19.6 Å². The molecule has 1 amide bonds. The predicted octanol–water partition coefficient (Wildman–Crippen LogP) is 5.51. The number of nitrogens with zero attached hydrogens (tertiary/aromatic N) is 2. The van der Waals surface area contributed by atoms with Gasteiger partial charge in [0.05, 0.1) is 36.4 Å². The monoisotopic (exact) mass is 533 g/mol. The number of aliphatic hydroxyl groups excluding tert-OH is 1. The van der Waals surface area contributed by atoms with Gasteiger partial charge in [-0.25, -0.2) is 13.8 Å². The summed E-state index contributed by atoms with van der Waals surface area (Å²) in [6, 6.07) is 13.9. The molecule has 2 heterocycles. The van der Waals surface area contributed by atoms with Crippen LogP contribution < -0.4 is 14.4 Å². The summed E-state index contributed by atoms with van der Waals surface area (Å²) in [5, 5.41) is 11.4. The van der Waals surface area contributed by atoms with Crippen LogP contribution in [0.3, 0.4) is 0 Å². The number of aromatic nitrogens is 2. The van der Waals surface area contributed by atoms with Crippen LogP contribution in [0, 0.1) is 17.6 Å². The first-order valence-corrected chi connectivity index (χ1v) is 12.2. The van der Waals surface area contributed by atoms with E-state index in [2.05, 4.69) is 9.97 Å². The fourth-order valence-corrected chi connectivity index (χ4v) is 4.44. The van der Waals surface area contributed by atoms with Crippen LogP contribution in [0.15, 0.2) is 66.2 Å². The average Bonchev–Trinajstić information content (AvgIpc) is 3.44. The number of carbonyl (C=O) groups excluding carboxylic acids is 2. The number of fused-ring (bicyclic) bond motifs is 1. The molecule has 1 unspecified atom stereocenters. The molecule has 1 atom stereocenters. The van der Waals surface area contributed by atoms with E-state index in [0.717, 1.165) is 17.0 Å². The van der Waals surface area contributed by atoms with E-state index in [0.29, 0.717) is 23.7 Å². The number of methoxy groups -OCH3 is 1. The number of nitrogens with one attached hydrogen (secondary N) is 1. The van der Waals surface area contributed by atoms with Crippen molar-refractivity contribution in [2.45, 2.75) is 19.9 Å². The van der Waals surface area contributed by atoms with Gasteiger partial charge in [-0.05, 0) is 35.7 Å². The normalized spacial score (nSPS) is 16.9. The standard InChI is InChI=1S/C29H25F2N3O5/c1-15(2)14-39-19-9-5-7-17(11-19)26(35)24-25(16-6-4-8-18(10-16)38-3)34(28(37)27(24)36)29-32-22-12-20(30)21(31)13-23(22)33-29/h4-13,15,25,35H,14H2,1-3H3,(H,32,33)/b26-24+. The van der Waals surface area contributed by atoms with Gasteiger partial charge in [-0.3, -0.25) is 14.5 Å². The van der Waals surface area contributed by atoms with E-state index in [1.54, 1.807) is 48.5 Å². The van der Waals surface area contributed by atoms with Crippen molar-refractivity contribution in [1.82, 2.24) is 9.97 Å². The van der Waals surface area contributed by atoms with Crippen LogP contribution in [0.1, 0.15) is 31.0 Å². The Bertz CT molecular complexity index is 1590. The molecule has 0 bridgehead atoms. The van der Waals surface area contributed by atoms with Crippen molar-refractivity contribution in [1.29, 1.82) is 0 Å². The Balaban J connectivity index is 1.68. The number of H-pyrrole nitrogens is 1. The summed E-state index contributed by atoms with van der Waals surface area (Å²) in [7, 11) is 1.47. The molecule has 5 rings (SSSR count). The maximum absolute atomic E-state index is 13.9. The highest BCUT2D eigenvalue weighted by Crippen LogP contribution is 2.42. The Kier molecular flexibility index (Phi) is 6.78. The SMILES string of the molecule is COc1cccc(C2/C(=C(\O)c3cccc(OCC(C)C)c3)C(=O)C(=O)N2c2nc3cc(F)c(F)cc3[nH]2)c1. The number of aromatic amines is 1.